The number of furan rings is 1. The van der Waals surface area contributed by atoms with Crippen LogP contribution in [0.5, 0.6) is 0 Å². The molecule has 0 aliphatic heterocycles. The summed E-state index contributed by atoms with van der Waals surface area (Å²) in [7, 11) is 1.91. The van der Waals surface area contributed by atoms with Crippen LogP contribution in [0.4, 0.5) is 4.39 Å². The van der Waals surface area contributed by atoms with Crippen LogP contribution in [0.1, 0.15) is 22.9 Å². The molecule has 2 nitrogen and oxygen atoms in total. The third-order valence-electron chi connectivity index (χ3n) is 2.85. The largest absolute Gasteiger partial charge is 0.469 e. The van der Waals surface area contributed by atoms with E-state index >= 15 is 0 Å². The smallest absolute Gasteiger partial charge is 0.123 e. The Bertz CT molecular complexity index is 475. The first-order chi connectivity index (χ1) is 8.19. The number of benzene rings is 1. The zero-order valence-electron chi connectivity index (χ0n) is 10.0. The molecule has 2 aromatic rings. The van der Waals surface area contributed by atoms with E-state index in [-0.39, 0.29) is 11.9 Å². The summed E-state index contributed by atoms with van der Waals surface area (Å²) in [6, 6.07) is 8.81. The molecule has 0 fully saturated rings. The van der Waals surface area contributed by atoms with E-state index in [1.807, 2.05) is 32.2 Å². The summed E-state index contributed by atoms with van der Waals surface area (Å²) >= 11 is 0. The second kappa shape index (κ2) is 5.15. The van der Waals surface area contributed by atoms with Crippen molar-refractivity contribution in [2.45, 2.75) is 19.4 Å². The van der Waals surface area contributed by atoms with Crippen molar-refractivity contribution in [1.82, 2.24) is 5.32 Å². The molecule has 17 heavy (non-hydrogen) atoms. The average Bonchev–Trinajstić information content (AvgIpc) is 2.75. The van der Waals surface area contributed by atoms with Gasteiger partial charge >= 0.3 is 0 Å². The fourth-order valence-electron chi connectivity index (χ4n) is 1.89. The first-order valence-electron chi connectivity index (χ1n) is 5.66. The fourth-order valence-corrected chi connectivity index (χ4v) is 1.89. The summed E-state index contributed by atoms with van der Waals surface area (Å²) in [5, 5.41) is 3.24. The molecule has 1 unspecified atom stereocenters. The molecule has 1 aromatic heterocycles. The molecule has 0 aliphatic carbocycles. The van der Waals surface area contributed by atoms with Gasteiger partial charge in [-0.3, -0.25) is 0 Å². The molecule has 2 rings (SSSR count). The summed E-state index contributed by atoms with van der Waals surface area (Å²) in [5.74, 6) is 0.702. The molecule has 0 spiro atoms. The summed E-state index contributed by atoms with van der Waals surface area (Å²) < 4.78 is 18.1. The van der Waals surface area contributed by atoms with E-state index in [0.29, 0.717) is 0 Å². The Kier molecular flexibility index (Phi) is 3.59. The third-order valence-corrected chi connectivity index (χ3v) is 2.85. The van der Waals surface area contributed by atoms with Crippen molar-refractivity contribution in [2.75, 3.05) is 7.05 Å². The maximum absolute atomic E-state index is 12.8. The van der Waals surface area contributed by atoms with Gasteiger partial charge in [-0.05, 0) is 44.2 Å². The normalized spacial score (nSPS) is 12.6. The molecule has 1 atom stereocenters. The minimum atomic E-state index is -0.200. The van der Waals surface area contributed by atoms with Crippen molar-refractivity contribution in [1.29, 1.82) is 0 Å². The molecule has 0 amide bonds. The highest BCUT2D eigenvalue weighted by Crippen LogP contribution is 2.20. The molecular formula is C14H16FNO. The van der Waals surface area contributed by atoms with E-state index in [0.717, 1.165) is 23.3 Å². The Labute approximate surface area is 100 Å². The van der Waals surface area contributed by atoms with E-state index in [1.165, 1.54) is 12.1 Å². The van der Waals surface area contributed by atoms with Gasteiger partial charge in [0.2, 0.25) is 0 Å². The van der Waals surface area contributed by atoms with E-state index in [4.69, 9.17) is 4.42 Å². The van der Waals surface area contributed by atoms with Crippen molar-refractivity contribution >= 4 is 0 Å². The van der Waals surface area contributed by atoms with Crippen LogP contribution in [0.25, 0.3) is 0 Å². The highest BCUT2D eigenvalue weighted by atomic mass is 19.1. The van der Waals surface area contributed by atoms with Gasteiger partial charge in [-0.15, -0.1) is 0 Å². The lowest BCUT2D eigenvalue weighted by molar-refractivity contribution is 0.520. The summed E-state index contributed by atoms with van der Waals surface area (Å²) in [6.07, 6.45) is 2.58. The zero-order chi connectivity index (χ0) is 12.3. The number of nitrogens with one attached hydrogen (secondary N) is 1. The minimum absolute atomic E-state index is 0.193. The van der Waals surface area contributed by atoms with Crippen LogP contribution < -0.4 is 5.32 Å². The predicted octanol–water partition coefficient (Wildman–Crippen LogP) is 3.23. The van der Waals surface area contributed by atoms with Crippen molar-refractivity contribution in [3.05, 3.63) is 59.3 Å². The molecule has 0 saturated carbocycles. The SMILES string of the molecule is CNC(Cc1ccc(F)cc1)c1coc(C)c1. The second-order valence-corrected chi connectivity index (χ2v) is 4.16. The summed E-state index contributed by atoms with van der Waals surface area (Å²) in [4.78, 5) is 0. The zero-order valence-corrected chi connectivity index (χ0v) is 10.0. The Morgan fingerprint density at radius 3 is 2.53 bits per heavy atom. The molecule has 0 saturated heterocycles. The fraction of sp³-hybridized carbons (Fsp3) is 0.286. The highest BCUT2D eigenvalue weighted by Gasteiger charge is 2.12. The Hall–Kier alpha value is -1.61. The Balaban J connectivity index is 2.12. The lowest BCUT2D eigenvalue weighted by Crippen LogP contribution is -2.18. The van der Waals surface area contributed by atoms with Crippen LogP contribution in [0, 0.1) is 12.7 Å². The van der Waals surface area contributed by atoms with Crippen LogP contribution in [0.15, 0.2) is 41.0 Å². The molecule has 1 aromatic carbocycles. The molecule has 0 bridgehead atoms. The molecule has 0 aliphatic rings. The monoisotopic (exact) mass is 233 g/mol. The number of rotatable bonds is 4. The number of halogens is 1. The van der Waals surface area contributed by atoms with Gasteiger partial charge in [0.1, 0.15) is 11.6 Å². The van der Waals surface area contributed by atoms with Crippen LogP contribution in [0.3, 0.4) is 0 Å². The maximum atomic E-state index is 12.8. The molecule has 3 heteroatoms. The molecule has 1 heterocycles. The Morgan fingerprint density at radius 2 is 2.00 bits per heavy atom. The minimum Gasteiger partial charge on any atom is -0.469 e. The van der Waals surface area contributed by atoms with E-state index in [1.54, 1.807) is 6.26 Å². The van der Waals surface area contributed by atoms with Gasteiger partial charge in [-0.2, -0.15) is 0 Å². The average molecular weight is 233 g/mol. The van der Waals surface area contributed by atoms with Gasteiger partial charge in [0.25, 0.3) is 0 Å². The van der Waals surface area contributed by atoms with Gasteiger partial charge in [0, 0.05) is 11.6 Å². The molecule has 0 radical (unpaired) electrons. The van der Waals surface area contributed by atoms with Crippen LogP contribution in [0.2, 0.25) is 0 Å². The van der Waals surface area contributed by atoms with Crippen molar-refractivity contribution in [3.63, 3.8) is 0 Å². The predicted molar refractivity (Wildman–Crippen MR) is 65.3 cm³/mol. The van der Waals surface area contributed by atoms with Gasteiger partial charge in [-0.1, -0.05) is 12.1 Å². The number of aryl methyl sites for hydroxylation is 1. The van der Waals surface area contributed by atoms with E-state index in [2.05, 4.69) is 5.32 Å². The van der Waals surface area contributed by atoms with E-state index in [9.17, 15) is 4.39 Å². The number of hydrogen-bond acceptors (Lipinski definition) is 2. The molecule has 90 valence electrons. The maximum Gasteiger partial charge on any atom is 0.123 e. The van der Waals surface area contributed by atoms with Crippen molar-refractivity contribution in [2.24, 2.45) is 0 Å². The van der Waals surface area contributed by atoms with Crippen molar-refractivity contribution < 1.29 is 8.81 Å². The van der Waals surface area contributed by atoms with E-state index < -0.39 is 0 Å². The quantitative estimate of drug-likeness (QED) is 0.877. The number of likely N-dealkylation sites (N-methyl/N-ethyl adjacent to an activating group) is 1. The first-order valence-corrected chi connectivity index (χ1v) is 5.66. The van der Waals surface area contributed by atoms with Crippen LogP contribution in [-0.2, 0) is 6.42 Å². The van der Waals surface area contributed by atoms with Gasteiger partial charge in [0.05, 0.1) is 6.26 Å². The van der Waals surface area contributed by atoms with Crippen molar-refractivity contribution in [3.8, 4) is 0 Å². The summed E-state index contributed by atoms with van der Waals surface area (Å²) in [6.45, 7) is 1.92. The summed E-state index contributed by atoms with van der Waals surface area (Å²) in [5.41, 5.74) is 2.22. The molecule has 1 N–H and O–H groups in total. The second-order valence-electron chi connectivity index (χ2n) is 4.16. The van der Waals surface area contributed by atoms with Gasteiger partial charge in [-0.25, -0.2) is 4.39 Å². The van der Waals surface area contributed by atoms with Crippen LogP contribution in [-0.4, -0.2) is 7.05 Å². The first kappa shape index (κ1) is 11.9. The van der Waals surface area contributed by atoms with Crippen LogP contribution >= 0.6 is 0 Å². The standard InChI is InChI=1S/C14H16FNO/c1-10-7-12(9-17-10)14(16-2)8-11-3-5-13(15)6-4-11/h3-7,9,14,16H,8H2,1-2H3. The molecular weight excluding hydrogens is 217 g/mol. The van der Waals surface area contributed by atoms with Gasteiger partial charge in [0.15, 0.2) is 0 Å². The lowest BCUT2D eigenvalue weighted by atomic mass is 10.0. The highest BCUT2D eigenvalue weighted by molar-refractivity contribution is 5.22. The van der Waals surface area contributed by atoms with Gasteiger partial charge < -0.3 is 9.73 Å². The third kappa shape index (κ3) is 2.94. The number of hydrogen-bond donors (Lipinski definition) is 1. The Morgan fingerprint density at radius 1 is 1.29 bits per heavy atom. The topological polar surface area (TPSA) is 25.2 Å². The lowest BCUT2D eigenvalue weighted by Gasteiger charge is -2.14.